The van der Waals surface area contributed by atoms with E-state index >= 15 is 0 Å². The maximum atomic E-state index is 12.8. The van der Waals surface area contributed by atoms with E-state index in [9.17, 15) is 9.59 Å². The molecule has 2 aromatic heterocycles. The summed E-state index contributed by atoms with van der Waals surface area (Å²) in [5, 5.41) is 4.94. The third-order valence-electron chi connectivity index (χ3n) is 5.59. The van der Waals surface area contributed by atoms with E-state index in [1.807, 2.05) is 5.38 Å². The first-order chi connectivity index (χ1) is 12.7. The Kier molecular flexibility index (Phi) is 5.06. The summed E-state index contributed by atoms with van der Waals surface area (Å²) in [6, 6.07) is 1.32. The van der Waals surface area contributed by atoms with Crippen molar-refractivity contribution in [1.29, 1.82) is 0 Å². The van der Waals surface area contributed by atoms with Crippen molar-refractivity contribution in [1.82, 2.24) is 19.6 Å². The minimum Gasteiger partial charge on any atom is -0.379 e. The second-order valence-corrected chi connectivity index (χ2v) is 7.98. The molecular formula is C18H24N4O3S. The summed E-state index contributed by atoms with van der Waals surface area (Å²) in [6.45, 7) is 3.95. The Morgan fingerprint density at radius 2 is 2.04 bits per heavy atom. The number of fused-ring (bicyclic) bond motifs is 1. The van der Waals surface area contributed by atoms with Crippen LogP contribution in [0.25, 0.3) is 4.96 Å². The Hall–Kier alpha value is -1.77. The maximum Gasteiger partial charge on any atom is 0.274 e. The monoisotopic (exact) mass is 376 g/mol. The molecule has 0 atom stereocenters. The Balaban J connectivity index is 1.54. The molecule has 3 heterocycles. The Morgan fingerprint density at radius 3 is 2.81 bits per heavy atom. The molecule has 1 aliphatic carbocycles. The summed E-state index contributed by atoms with van der Waals surface area (Å²) in [4.78, 5) is 31.6. The number of hydrogen-bond donors (Lipinski definition) is 1. The smallest absolute Gasteiger partial charge is 0.274 e. The highest BCUT2D eigenvalue weighted by Crippen LogP contribution is 2.34. The van der Waals surface area contributed by atoms with Crippen LogP contribution in [0.4, 0.5) is 0 Å². The first kappa shape index (κ1) is 17.6. The van der Waals surface area contributed by atoms with Crippen LogP contribution >= 0.6 is 11.3 Å². The van der Waals surface area contributed by atoms with Crippen molar-refractivity contribution in [2.45, 2.75) is 37.6 Å². The first-order valence-electron chi connectivity index (χ1n) is 9.26. The van der Waals surface area contributed by atoms with Gasteiger partial charge in [-0.1, -0.05) is 19.3 Å². The first-order valence-corrected chi connectivity index (χ1v) is 10.1. The van der Waals surface area contributed by atoms with Gasteiger partial charge in [0.05, 0.1) is 13.2 Å². The number of carbonyl (C=O) groups excluding carboxylic acids is 1. The summed E-state index contributed by atoms with van der Waals surface area (Å²) in [5.74, 6) is -0.212. The Bertz CT molecular complexity index is 834. The van der Waals surface area contributed by atoms with E-state index in [4.69, 9.17) is 4.74 Å². The highest BCUT2D eigenvalue weighted by Gasteiger charge is 2.39. The van der Waals surface area contributed by atoms with E-state index in [2.05, 4.69) is 15.2 Å². The molecule has 0 bridgehead atoms. The molecule has 1 saturated carbocycles. The Labute approximate surface area is 156 Å². The fourth-order valence-electron chi connectivity index (χ4n) is 4.21. The van der Waals surface area contributed by atoms with E-state index in [0.717, 1.165) is 39.1 Å². The van der Waals surface area contributed by atoms with Gasteiger partial charge in [-0.15, -0.1) is 11.3 Å². The third-order valence-corrected chi connectivity index (χ3v) is 6.35. The zero-order valence-corrected chi connectivity index (χ0v) is 15.6. The van der Waals surface area contributed by atoms with Crippen LogP contribution in [0.3, 0.4) is 0 Å². The molecule has 2 fully saturated rings. The molecule has 0 aromatic carbocycles. The molecule has 1 amide bonds. The lowest BCUT2D eigenvalue weighted by Crippen LogP contribution is -2.59. The van der Waals surface area contributed by atoms with Gasteiger partial charge < -0.3 is 10.1 Å². The van der Waals surface area contributed by atoms with Gasteiger partial charge in [0.15, 0.2) is 4.96 Å². The van der Waals surface area contributed by atoms with Crippen molar-refractivity contribution in [2.75, 3.05) is 32.8 Å². The molecule has 0 unspecified atom stereocenters. The molecule has 26 heavy (non-hydrogen) atoms. The van der Waals surface area contributed by atoms with Crippen molar-refractivity contribution >= 4 is 22.2 Å². The number of rotatable bonds is 4. The average Bonchev–Trinajstić information content (AvgIpc) is 3.15. The number of carbonyl (C=O) groups is 1. The van der Waals surface area contributed by atoms with Crippen LogP contribution in [0, 0.1) is 0 Å². The zero-order valence-electron chi connectivity index (χ0n) is 14.8. The summed E-state index contributed by atoms with van der Waals surface area (Å²) in [7, 11) is 0. The van der Waals surface area contributed by atoms with Crippen molar-refractivity contribution in [3.63, 3.8) is 0 Å². The maximum absolute atomic E-state index is 12.8. The fourth-order valence-corrected chi connectivity index (χ4v) is 4.93. The van der Waals surface area contributed by atoms with Gasteiger partial charge in [-0.25, -0.2) is 0 Å². The largest absolute Gasteiger partial charge is 0.379 e. The standard InChI is InChI=1S/C18H24N4O3S/c23-15-12-14(22-8-11-26-17(22)20-15)16(24)19-13-18(4-2-1-3-5-18)21-6-9-25-10-7-21/h8,11-12H,1-7,9-10,13H2,(H,19,24). The number of amides is 1. The van der Waals surface area contributed by atoms with Gasteiger partial charge in [-0.05, 0) is 12.8 Å². The molecule has 2 aromatic rings. The zero-order chi connectivity index (χ0) is 18.0. The molecule has 1 N–H and O–H groups in total. The van der Waals surface area contributed by atoms with Gasteiger partial charge in [0.1, 0.15) is 5.69 Å². The molecular weight excluding hydrogens is 352 g/mol. The van der Waals surface area contributed by atoms with Crippen LogP contribution in [0.15, 0.2) is 22.4 Å². The minimum atomic E-state index is -0.377. The molecule has 8 heteroatoms. The average molecular weight is 376 g/mol. The lowest BCUT2D eigenvalue weighted by atomic mass is 9.79. The summed E-state index contributed by atoms with van der Waals surface area (Å²) in [5.41, 5.74) is -0.0176. The molecule has 2 aliphatic rings. The summed E-state index contributed by atoms with van der Waals surface area (Å²) < 4.78 is 7.19. The van der Waals surface area contributed by atoms with Gasteiger partial charge in [-0.2, -0.15) is 4.98 Å². The number of ether oxygens (including phenoxy) is 1. The van der Waals surface area contributed by atoms with Crippen LogP contribution in [0.2, 0.25) is 0 Å². The van der Waals surface area contributed by atoms with Crippen LogP contribution in [-0.2, 0) is 4.74 Å². The second kappa shape index (κ2) is 7.46. The normalized spacial score (nSPS) is 20.9. The van der Waals surface area contributed by atoms with Crippen LogP contribution in [0.1, 0.15) is 42.6 Å². The van der Waals surface area contributed by atoms with Gasteiger partial charge in [0.2, 0.25) is 0 Å². The van der Waals surface area contributed by atoms with E-state index in [0.29, 0.717) is 17.2 Å². The predicted molar refractivity (Wildman–Crippen MR) is 99.9 cm³/mol. The molecule has 7 nitrogen and oxygen atoms in total. The number of nitrogens with one attached hydrogen (secondary N) is 1. The molecule has 1 aliphatic heterocycles. The number of hydrogen-bond acceptors (Lipinski definition) is 6. The number of morpholine rings is 1. The van der Waals surface area contributed by atoms with Crippen LogP contribution in [-0.4, -0.2) is 58.6 Å². The molecule has 1 saturated heterocycles. The molecule has 0 radical (unpaired) electrons. The van der Waals surface area contributed by atoms with Gasteiger partial charge in [0, 0.05) is 42.8 Å². The van der Waals surface area contributed by atoms with Gasteiger partial charge in [0.25, 0.3) is 11.5 Å². The SMILES string of the molecule is O=C(NCC1(N2CCOCC2)CCCCC1)c1cc(=O)nc2sccn12. The molecule has 4 rings (SSSR count). The topological polar surface area (TPSA) is 75.9 Å². The van der Waals surface area contributed by atoms with Crippen molar-refractivity contribution in [2.24, 2.45) is 0 Å². The molecule has 0 spiro atoms. The van der Waals surface area contributed by atoms with Crippen LogP contribution < -0.4 is 10.9 Å². The minimum absolute atomic E-state index is 0.00342. The highest BCUT2D eigenvalue weighted by atomic mass is 32.1. The van der Waals surface area contributed by atoms with Gasteiger partial charge >= 0.3 is 0 Å². The summed E-state index contributed by atoms with van der Waals surface area (Å²) >= 11 is 1.35. The summed E-state index contributed by atoms with van der Waals surface area (Å²) in [6.07, 6.45) is 7.61. The van der Waals surface area contributed by atoms with E-state index in [-0.39, 0.29) is 17.0 Å². The quantitative estimate of drug-likeness (QED) is 0.876. The van der Waals surface area contributed by atoms with Gasteiger partial charge in [-0.3, -0.25) is 18.9 Å². The molecule has 140 valence electrons. The van der Waals surface area contributed by atoms with E-state index in [1.54, 1.807) is 10.6 Å². The van der Waals surface area contributed by atoms with Crippen LogP contribution in [0.5, 0.6) is 0 Å². The lowest BCUT2D eigenvalue weighted by molar-refractivity contribution is -0.0361. The Morgan fingerprint density at radius 1 is 1.27 bits per heavy atom. The second-order valence-electron chi connectivity index (χ2n) is 7.10. The van der Waals surface area contributed by atoms with Crippen molar-refractivity contribution in [3.05, 3.63) is 33.7 Å². The van der Waals surface area contributed by atoms with E-state index in [1.165, 1.54) is 36.7 Å². The highest BCUT2D eigenvalue weighted by molar-refractivity contribution is 7.15. The number of aromatic nitrogens is 2. The number of nitrogens with zero attached hydrogens (tertiary/aromatic N) is 3. The third kappa shape index (κ3) is 3.41. The fraction of sp³-hybridized carbons (Fsp3) is 0.611. The van der Waals surface area contributed by atoms with E-state index < -0.39 is 0 Å². The van der Waals surface area contributed by atoms with Crippen molar-refractivity contribution in [3.8, 4) is 0 Å². The predicted octanol–water partition coefficient (Wildman–Crippen LogP) is 1.52. The van der Waals surface area contributed by atoms with Crippen molar-refractivity contribution < 1.29 is 9.53 Å². The lowest BCUT2D eigenvalue weighted by Gasteiger charge is -2.48. The number of thiazole rings is 1.